The molecule has 33 heavy (non-hydrogen) atoms. The van der Waals surface area contributed by atoms with E-state index in [4.69, 9.17) is 4.74 Å². The average molecular weight is 446 g/mol. The molecule has 1 saturated heterocycles. The van der Waals surface area contributed by atoms with Crippen LogP contribution in [-0.4, -0.2) is 34.2 Å². The predicted molar refractivity (Wildman–Crippen MR) is 132 cm³/mol. The summed E-state index contributed by atoms with van der Waals surface area (Å²) in [7, 11) is 0. The molecule has 2 unspecified atom stereocenters. The van der Waals surface area contributed by atoms with Crippen molar-refractivity contribution >= 4 is 0 Å². The maximum atomic E-state index is 11.2. The van der Waals surface area contributed by atoms with Gasteiger partial charge in [-0.1, -0.05) is 60.7 Å². The van der Waals surface area contributed by atoms with E-state index in [2.05, 4.69) is 24.0 Å². The van der Waals surface area contributed by atoms with E-state index >= 15 is 0 Å². The Bertz CT molecular complexity index is 1020. The zero-order chi connectivity index (χ0) is 23.4. The van der Waals surface area contributed by atoms with Crippen LogP contribution in [0.4, 0.5) is 0 Å². The molecule has 2 N–H and O–H groups in total. The number of hydrogen-bond acceptors (Lipinski definition) is 4. The van der Waals surface area contributed by atoms with Crippen LogP contribution in [-0.2, 0) is 12.2 Å². The van der Waals surface area contributed by atoms with Crippen LogP contribution in [0.2, 0.25) is 0 Å². The van der Waals surface area contributed by atoms with E-state index in [1.807, 2.05) is 74.5 Å². The highest BCUT2D eigenvalue weighted by Gasteiger charge is 2.36. The van der Waals surface area contributed by atoms with Crippen molar-refractivity contribution in [2.75, 3.05) is 13.1 Å². The summed E-state index contributed by atoms with van der Waals surface area (Å²) in [5, 5.41) is 22.3. The average Bonchev–Trinajstić information content (AvgIpc) is 2.84. The van der Waals surface area contributed by atoms with Gasteiger partial charge in [0.2, 0.25) is 0 Å². The van der Waals surface area contributed by atoms with E-state index < -0.39 is 11.7 Å². The van der Waals surface area contributed by atoms with Gasteiger partial charge in [0.15, 0.2) is 0 Å². The van der Waals surface area contributed by atoms with Crippen molar-refractivity contribution in [3.8, 4) is 5.75 Å². The van der Waals surface area contributed by atoms with Gasteiger partial charge in [0.05, 0.1) is 11.7 Å². The monoisotopic (exact) mass is 445 g/mol. The molecule has 0 saturated carbocycles. The molecule has 0 radical (unpaired) electrons. The normalized spacial score (nSPS) is 18.0. The van der Waals surface area contributed by atoms with Crippen LogP contribution in [0.5, 0.6) is 5.75 Å². The van der Waals surface area contributed by atoms with Gasteiger partial charge in [0.25, 0.3) is 0 Å². The van der Waals surface area contributed by atoms with Crippen molar-refractivity contribution in [1.29, 1.82) is 0 Å². The predicted octanol–water partition coefficient (Wildman–Crippen LogP) is 5.29. The Morgan fingerprint density at radius 2 is 1.45 bits per heavy atom. The van der Waals surface area contributed by atoms with Crippen molar-refractivity contribution in [3.63, 3.8) is 0 Å². The highest BCUT2D eigenvalue weighted by Crippen LogP contribution is 2.36. The largest absolute Gasteiger partial charge is 0.488 e. The van der Waals surface area contributed by atoms with Crippen LogP contribution < -0.4 is 4.74 Å². The van der Waals surface area contributed by atoms with Crippen LogP contribution in [0.3, 0.4) is 0 Å². The molecule has 3 aromatic carbocycles. The van der Waals surface area contributed by atoms with E-state index in [9.17, 15) is 10.2 Å². The van der Waals surface area contributed by atoms with E-state index in [0.29, 0.717) is 19.4 Å². The summed E-state index contributed by atoms with van der Waals surface area (Å²) in [6, 6.07) is 24.1. The number of ether oxygens (including phenoxy) is 1. The molecule has 0 bridgehead atoms. The standard InChI is InChI=1S/C29H35NO3/c1-21-18-25(19-22(2)28(21)33-20-24-10-6-4-7-11-24)27(31)23(3)30-16-14-29(32,15-17-30)26-12-8-5-9-13-26/h4-13,18-19,23,27,31-32H,14-17,20H2,1-3H3. The summed E-state index contributed by atoms with van der Waals surface area (Å²) in [5.41, 5.74) is 4.31. The first kappa shape index (κ1) is 23.5. The third kappa shape index (κ3) is 5.30. The van der Waals surface area contributed by atoms with Crippen LogP contribution in [0, 0.1) is 13.8 Å². The van der Waals surface area contributed by atoms with E-state index in [-0.39, 0.29) is 6.04 Å². The minimum Gasteiger partial charge on any atom is -0.488 e. The van der Waals surface area contributed by atoms with Gasteiger partial charge in [-0.25, -0.2) is 0 Å². The number of rotatable bonds is 7. The lowest BCUT2D eigenvalue weighted by molar-refractivity contribution is -0.0501. The van der Waals surface area contributed by atoms with E-state index in [1.54, 1.807) is 0 Å². The molecule has 1 aliphatic rings. The third-order valence-electron chi connectivity index (χ3n) is 7.02. The minimum atomic E-state index is -0.784. The summed E-state index contributed by atoms with van der Waals surface area (Å²) in [5.74, 6) is 0.883. The Labute approximate surface area is 197 Å². The van der Waals surface area contributed by atoms with E-state index in [0.717, 1.165) is 46.7 Å². The fraction of sp³-hybridized carbons (Fsp3) is 0.379. The topological polar surface area (TPSA) is 52.9 Å². The van der Waals surface area contributed by atoms with Gasteiger partial charge in [-0.3, -0.25) is 4.90 Å². The summed E-state index contributed by atoms with van der Waals surface area (Å²) >= 11 is 0. The molecule has 0 amide bonds. The maximum absolute atomic E-state index is 11.2. The van der Waals surface area contributed by atoms with Crippen molar-refractivity contribution in [2.45, 2.75) is 58.0 Å². The molecule has 2 atom stereocenters. The van der Waals surface area contributed by atoms with Gasteiger partial charge >= 0.3 is 0 Å². The van der Waals surface area contributed by atoms with Gasteiger partial charge in [0.1, 0.15) is 12.4 Å². The second-order valence-corrected chi connectivity index (χ2v) is 9.38. The van der Waals surface area contributed by atoms with Crippen molar-refractivity contribution in [1.82, 2.24) is 4.90 Å². The summed E-state index contributed by atoms with van der Waals surface area (Å²) < 4.78 is 6.11. The molecular weight excluding hydrogens is 410 g/mol. The highest BCUT2D eigenvalue weighted by atomic mass is 16.5. The molecule has 0 spiro atoms. The number of nitrogens with zero attached hydrogens (tertiary/aromatic N) is 1. The minimum absolute atomic E-state index is 0.0415. The van der Waals surface area contributed by atoms with Crippen LogP contribution >= 0.6 is 0 Å². The molecule has 4 rings (SSSR count). The third-order valence-corrected chi connectivity index (χ3v) is 7.02. The molecule has 4 nitrogen and oxygen atoms in total. The number of likely N-dealkylation sites (tertiary alicyclic amines) is 1. The lowest BCUT2D eigenvalue weighted by Gasteiger charge is -2.42. The second kappa shape index (κ2) is 10.1. The smallest absolute Gasteiger partial charge is 0.125 e. The Kier molecular flexibility index (Phi) is 7.18. The van der Waals surface area contributed by atoms with Gasteiger partial charge in [-0.2, -0.15) is 0 Å². The molecule has 174 valence electrons. The first-order chi connectivity index (χ1) is 15.9. The number of aryl methyl sites for hydroxylation is 2. The number of piperidine rings is 1. The Balaban J connectivity index is 1.41. The first-order valence-electron chi connectivity index (χ1n) is 11.9. The number of benzene rings is 3. The van der Waals surface area contributed by atoms with Crippen LogP contribution in [0.25, 0.3) is 0 Å². The fourth-order valence-electron chi connectivity index (χ4n) is 4.93. The highest BCUT2D eigenvalue weighted by molar-refractivity contribution is 5.44. The van der Waals surface area contributed by atoms with E-state index in [1.165, 1.54) is 0 Å². The number of hydrogen-bond donors (Lipinski definition) is 2. The number of aliphatic hydroxyl groups is 2. The molecule has 0 aromatic heterocycles. The molecular formula is C29H35NO3. The van der Waals surface area contributed by atoms with Crippen molar-refractivity contribution in [2.24, 2.45) is 0 Å². The number of aliphatic hydroxyl groups excluding tert-OH is 1. The quantitative estimate of drug-likeness (QED) is 0.519. The van der Waals surface area contributed by atoms with Gasteiger partial charge in [-0.05, 0) is 73.6 Å². The molecule has 1 fully saturated rings. The van der Waals surface area contributed by atoms with Crippen LogP contribution in [0.15, 0.2) is 72.8 Å². The fourth-order valence-corrected chi connectivity index (χ4v) is 4.93. The second-order valence-electron chi connectivity index (χ2n) is 9.38. The molecule has 3 aromatic rings. The van der Waals surface area contributed by atoms with Gasteiger partial charge < -0.3 is 14.9 Å². The first-order valence-corrected chi connectivity index (χ1v) is 11.9. The maximum Gasteiger partial charge on any atom is 0.125 e. The summed E-state index contributed by atoms with van der Waals surface area (Å²) in [6.07, 6.45) is 0.727. The zero-order valence-corrected chi connectivity index (χ0v) is 19.9. The lowest BCUT2D eigenvalue weighted by atomic mass is 9.83. The Morgan fingerprint density at radius 1 is 0.909 bits per heavy atom. The molecule has 1 aliphatic heterocycles. The van der Waals surface area contributed by atoms with Crippen molar-refractivity contribution < 1.29 is 14.9 Å². The van der Waals surface area contributed by atoms with Gasteiger partial charge in [-0.15, -0.1) is 0 Å². The SMILES string of the molecule is Cc1cc(C(O)C(C)N2CCC(O)(c3ccccc3)CC2)cc(C)c1OCc1ccccc1. The Morgan fingerprint density at radius 3 is 2.03 bits per heavy atom. The Hall–Kier alpha value is -2.66. The van der Waals surface area contributed by atoms with Crippen molar-refractivity contribution in [3.05, 3.63) is 101 Å². The lowest BCUT2D eigenvalue weighted by Crippen LogP contribution is -2.47. The summed E-state index contributed by atoms with van der Waals surface area (Å²) in [6.45, 7) is 8.17. The molecule has 4 heteroatoms. The van der Waals surface area contributed by atoms with Gasteiger partial charge in [0, 0.05) is 19.1 Å². The molecule has 1 heterocycles. The zero-order valence-electron chi connectivity index (χ0n) is 19.9. The molecule has 0 aliphatic carbocycles. The van der Waals surface area contributed by atoms with Crippen LogP contribution in [0.1, 0.15) is 53.7 Å². The summed E-state index contributed by atoms with van der Waals surface area (Å²) in [4.78, 5) is 2.28.